The van der Waals surface area contributed by atoms with Gasteiger partial charge in [0.15, 0.2) is 11.6 Å². The van der Waals surface area contributed by atoms with Crippen LogP contribution in [-0.2, 0) is 12.8 Å². The summed E-state index contributed by atoms with van der Waals surface area (Å²) in [6.45, 7) is 4.25. The molecule has 4 aromatic rings. The van der Waals surface area contributed by atoms with Crippen LogP contribution in [0.3, 0.4) is 0 Å². The smallest absolute Gasteiger partial charge is 0.167 e. The van der Waals surface area contributed by atoms with Crippen molar-refractivity contribution in [2.75, 3.05) is 0 Å². The fourth-order valence-electron chi connectivity index (χ4n) is 4.52. The van der Waals surface area contributed by atoms with Crippen LogP contribution in [0.25, 0.3) is 34.4 Å². The van der Waals surface area contributed by atoms with Gasteiger partial charge in [-0.2, -0.15) is 0 Å². The van der Waals surface area contributed by atoms with Crippen LogP contribution in [0.5, 0.6) is 0 Å². The summed E-state index contributed by atoms with van der Waals surface area (Å²) in [7, 11) is 0. The van der Waals surface area contributed by atoms with E-state index in [-0.39, 0.29) is 16.9 Å². The van der Waals surface area contributed by atoms with E-state index >= 15 is 0 Å². The molecule has 0 saturated heterocycles. The minimum atomic E-state index is -0.863. The standard InChI is InChI=1S/C34H33F3/c1-3-5-6-8-28-19-20-30(23-32(28)35)26-14-9-25(10-15-26)13-18-29-21-22-31(34(37)33(29)36)27-16-11-24(7-4-2)12-17-27/h9-23H,3-8H2,1-2H3. The first-order chi connectivity index (χ1) is 18.0. The average molecular weight is 499 g/mol. The summed E-state index contributed by atoms with van der Waals surface area (Å²) in [5.41, 5.74) is 5.61. The number of hydrogen-bond acceptors (Lipinski definition) is 0. The molecule has 0 aliphatic carbocycles. The summed E-state index contributed by atoms with van der Waals surface area (Å²) >= 11 is 0. The Balaban J connectivity index is 1.47. The number of unbranched alkanes of at least 4 members (excludes halogenated alkanes) is 2. The van der Waals surface area contributed by atoms with E-state index in [4.69, 9.17) is 0 Å². The van der Waals surface area contributed by atoms with Crippen LogP contribution < -0.4 is 0 Å². The third kappa shape index (κ3) is 6.60. The summed E-state index contributed by atoms with van der Waals surface area (Å²) < 4.78 is 44.2. The van der Waals surface area contributed by atoms with E-state index in [1.807, 2.05) is 60.7 Å². The molecular formula is C34H33F3. The Morgan fingerprint density at radius 2 is 1.30 bits per heavy atom. The second-order valence-corrected chi connectivity index (χ2v) is 9.50. The molecule has 4 aromatic carbocycles. The lowest BCUT2D eigenvalue weighted by Gasteiger charge is -2.08. The maximum Gasteiger partial charge on any atom is 0.167 e. The van der Waals surface area contributed by atoms with Gasteiger partial charge in [0.05, 0.1) is 0 Å². The van der Waals surface area contributed by atoms with E-state index in [1.54, 1.807) is 30.4 Å². The highest BCUT2D eigenvalue weighted by Crippen LogP contribution is 2.28. The Kier molecular flexibility index (Phi) is 9.00. The molecule has 0 amide bonds. The van der Waals surface area contributed by atoms with Crippen LogP contribution in [0.2, 0.25) is 0 Å². The van der Waals surface area contributed by atoms with Crippen molar-refractivity contribution >= 4 is 12.2 Å². The lowest BCUT2D eigenvalue weighted by molar-refractivity contribution is 0.509. The van der Waals surface area contributed by atoms with Crippen molar-refractivity contribution in [1.29, 1.82) is 0 Å². The van der Waals surface area contributed by atoms with Crippen LogP contribution in [0, 0.1) is 17.5 Å². The largest absolute Gasteiger partial charge is 0.207 e. The van der Waals surface area contributed by atoms with Gasteiger partial charge in [0, 0.05) is 11.1 Å². The van der Waals surface area contributed by atoms with Gasteiger partial charge in [-0.1, -0.05) is 118 Å². The average Bonchev–Trinajstić information content (AvgIpc) is 2.92. The van der Waals surface area contributed by atoms with Gasteiger partial charge in [0.1, 0.15) is 5.82 Å². The zero-order chi connectivity index (χ0) is 26.2. The molecule has 0 bridgehead atoms. The van der Waals surface area contributed by atoms with Crippen LogP contribution in [-0.4, -0.2) is 0 Å². The Bertz CT molecular complexity index is 1350. The third-order valence-electron chi connectivity index (χ3n) is 6.72. The topological polar surface area (TPSA) is 0 Å². The first kappa shape index (κ1) is 26.5. The predicted molar refractivity (Wildman–Crippen MR) is 150 cm³/mol. The molecular weight excluding hydrogens is 465 g/mol. The van der Waals surface area contributed by atoms with Crippen molar-refractivity contribution in [3.8, 4) is 22.3 Å². The number of benzene rings is 4. The molecule has 0 unspecified atom stereocenters. The Labute approximate surface area is 218 Å². The van der Waals surface area contributed by atoms with Gasteiger partial charge in [0.25, 0.3) is 0 Å². The molecule has 0 radical (unpaired) electrons. The monoisotopic (exact) mass is 498 g/mol. The van der Waals surface area contributed by atoms with Crippen molar-refractivity contribution < 1.29 is 13.2 Å². The lowest BCUT2D eigenvalue weighted by Crippen LogP contribution is -1.94. The predicted octanol–water partition coefficient (Wildman–Crippen LogP) is 10.3. The molecule has 0 fully saturated rings. The molecule has 0 aliphatic rings. The summed E-state index contributed by atoms with van der Waals surface area (Å²) in [6, 6.07) is 23.8. The molecule has 0 heterocycles. The maximum absolute atomic E-state index is 14.9. The van der Waals surface area contributed by atoms with E-state index in [0.717, 1.165) is 60.8 Å². The Morgan fingerprint density at radius 1 is 0.595 bits per heavy atom. The van der Waals surface area contributed by atoms with E-state index in [0.29, 0.717) is 5.56 Å². The number of halogens is 3. The number of hydrogen-bond donors (Lipinski definition) is 0. The summed E-state index contributed by atoms with van der Waals surface area (Å²) in [5.74, 6) is -1.88. The van der Waals surface area contributed by atoms with Gasteiger partial charge in [-0.3, -0.25) is 0 Å². The molecule has 190 valence electrons. The van der Waals surface area contributed by atoms with Crippen LogP contribution in [0.1, 0.15) is 61.8 Å². The summed E-state index contributed by atoms with van der Waals surface area (Å²) in [6.07, 6.45) is 9.29. The highest BCUT2D eigenvalue weighted by atomic mass is 19.2. The highest BCUT2D eigenvalue weighted by Gasteiger charge is 2.13. The normalized spacial score (nSPS) is 11.4. The lowest BCUT2D eigenvalue weighted by atomic mass is 9.99. The van der Waals surface area contributed by atoms with Crippen LogP contribution in [0.4, 0.5) is 13.2 Å². The quantitative estimate of drug-likeness (QED) is 0.151. The van der Waals surface area contributed by atoms with E-state index in [9.17, 15) is 13.2 Å². The number of rotatable bonds is 10. The fraction of sp³-hybridized carbons (Fsp3) is 0.235. The number of aryl methyl sites for hydroxylation is 2. The van der Waals surface area contributed by atoms with Crippen molar-refractivity contribution in [1.82, 2.24) is 0 Å². The maximum atomic E-state index is 14.9. The van der Waals surface area contributed by atoms with Gasteiger partial charge in [-0.15, -0.1) is 0 Å². The van der Waals surface area contributed by atoms with E-state index in [2.05, 4.69) is 13.8 Å². The molecule has 0 spiro atoms. The highest BCUT2D eigenvalue weighted by molar-refractivity contribution is 5.74. The Morgan fingerprint density at radius 3 is 1.97 bits per heavy atom. The SMILES string of the molecule is CCCCCc1ccc(-c2ccc(C=Cc3ccc(-c4ccc(CCC)cc4)c(F)c3F)cc2)cc1F. The van der Waals surface area contributed by atoms with Gasteiger partial charge in [0.2, 0.25) is 0 Å². The second-order valence-electron chi connectivity index (χ2n) is 9.50. The molecule has 0 aromatic heterocycles. The van der Waals surface area contributed by atoms with Crippen molar-refractivity contribution in [2.45, 2.75) is 52.4 Å². The molecule has 0 saturated carbocycles. The third-order valence-corrected chi connectivity index (χ3v) is 6.72. The molecule has 0 aliphatic heterocycles. The first-order valence-electron chi connectivity index (χ1n) is 13.1. The van der Waals surface area contributed by atoms with Crippen LogP contribution >= 0.6 is 0 Å². The first-order valence-corrected chi connectivity index (χ1v) is 13.1. The van der Waals surface area contributed by atoms with Gasteiger partial charge >= 0.3 is 0 Å². The molecule has 37 heavy (non-hydrogen) atoms. The minimum absolute atomic E-state index is 0.171. The van der Waals surface area contributed by atoms with Gasteiger partial charge in [-0.05, 0) is 58.7 Å². The van der Waals surface area contributed by atoms with Crippen molar-refractivity contribution in [3.63, 3.8) is 0 Å². The fourth-order valence-corrected chi connectivity index (χ4v) is 4.52. The molecule has 0 N–H and O–H groups in total. The van der Waals surface area contributed by atoms with Gasteiger partial charge in [-0.25, -0.2) is 13.2 Å². The Hall–Kier alpha value is -3.59. The molecule has 0 atom stereocenters. The minimum Gasteiger partial charge on any atom is -0.207 e. The molecule has 3 heteroatoms. The van der Waals surface area contributed by atoms with Crippen molar-refractivity contribution in [3.05, 3.63) is 119 Å². The summed E-state index contributed by atoms with van der Waals surface area (Å²) in [5, 5.41) is 0. The van der Waals surface area contributed by atoms with Gasteiger partial charge < -0.3 is 0 Å². The zero-order valence-electron chi connectivity index (χ0n) is 21.5. The molecule has 0 nitrogen and oxygen atoms in total. The van der Waals surface area contributed by atoms with Crippen LogP contribution in [0.15, 0.2) is 78.9 Å². The second kappa shape index (κ2) is 12.6. The molecule has 4 rings (SSSR count). The van der Waals surface area contributed by atoms with E-state index in [1.165, 1.54) is 5.56 Å². The van der Waals surface area contributed by atoms with Crippen molar-refractivity contribution in [2.24, 2.45) is 0 Å². The zero-order valence-corrected chi connectivity index (χ0v) is 21.5. The summed E-state index contributed by atoms with van der Waals surface area (Å²) in [4.78, 5) is 0. The van der Waals surface area contributed by atoms with E-state index < -0.39 is 11.6 Å².